The lowest BCUT2D eigenvalue weighted by Crippen LogP contribution is -2.05. The molecule has 3 rings (SSSR count). The molecule has 0 saturated heterocycles. The highest BCUT2D eigenvalue weighted by atomic mass is 19.4. The smallest absolute Gasteiger partial charge is 0.417 e. The maximum atomic E-state index is 12.5. The molecule has 1 heterocycles. The molecule has 0 fully saturated rings. The summed E-state index contributed by atoms with van der Waals surface area (Å²) in [6.07, 6.45) is -2.10. The maximum Gasteiger partial charge on any atom is 0.417 e. The molecule has 3 aromatic rings. The van der Waals surface area contributed by atoms with E-state index in [0.717, 1.165) is 29.1 Å². The monoisotopic (exact) mass is 385 g/mol. The van der Waals surface area contributed by atoms with Gasteiger partial charge in [-0.2, -0.15) is 18.3 Å². The summed E-state index contributed by atoms with van der Waals surface area (Å²) in [5.74, 6) is 0.956. The molecule has 0 aliphatic heterocycles. The number of aromatic nitrogens is 1. The van der Waals surface area contributed by atoms with Gasteiger partial charge in [0.1, 0.15) is 18.2 Å². The van der Waals surface area contributed by atoms with Crippen molar-refractivity contribution in [1.29, 1.82) is 0 Å². The molecule has 0 radical (unpaired) electrons. The van der Waals surface area contributed by atoms with Gasteiger partial charge in [0, 0.05) is 6.20 Å². The van der Waals surface area contributed by atoms with E-state index in [1.807, 2.05) is 55.5 Å². The Morgan fingerprint density at radius 2 is 1.71 bits per heavy atom. The molecule has 28 heavy (non-hydrogen) atoms. The number of nitrogens with zero attached hydrogens (tertiary/aromatic N) is 2. The first kappa shape index (κ1) is 19.4. The minimum absolute atomic E-state index is 0.224. The molecular weight excluding hydrogens is 367 g/mol. The molecule has 0 spiro atoms. The Balaban J connectivity index is 1.51. The zero-order valence-electron chi connectivity index (χ0n) is 15.1. The number of alkyl halides is 3. The number of hydrogen-bond donors (Lipinski definition) is 1. The van der Waals surface area contributed by atoms with Crippen molar-refractivity contribution >= 4 is 12.0 Å². The number of pyridine rings is 1. The first-order valence-electron chi connectivity index (χ1n) is 8.51. The summed E-state index contributed by atoms with van der Waals surface area (Å²) < 4.78 is 43.2. The van der Waals surface area contributed by atoms with Crippen LogP contribution in [0.5, 0.6) is 5.75 Å². The highest BCUT2D eigenvalue weighted by Gasteiger charge is 2.30. The number of hydrazone groups is 1. The van der Waals surface area contributed by atoms with Crippen molar-refractivity contribution in [2.75, 3.05) is 5.43 Å². The van der Waals surface area contributed by atoms with E-state index in [0.29, 0.717) is 6.61 Å². The van der Waals surface area contributed by atoms with E-state index in [1.54, 1.807) is 6.21 Å². The number of anilines is 1. The van der Waals surface area contributed by atoms with Gasteiger partial charge in [0.05, 0.1) is 11.8 Å². The largest absolute Gasteiger partial charge is 0.489 e. The number of aryl methyl sites for hydroxylation is 1. The fourth-order valence-corrected chi connectivity index (χ4v) is 2.30. The van der Waals surface area contributed by atoms with E-state index in [1.165, 1.54) is 11.6 Å². The third kappa shape index (κ3) is 5.57. The first-order valence-corrected chi connectivity index (χ1v) is 8.51. The Labute approximate surface area is 160 Å². The zero-order chi connectivity index (χ0) is 20.0. The lowest BCUT2D eigenvalue weighted by molar-refractivity contribution is -0.137. The Hall–Kier alpha value is -3.35. The Morgan fingerprint density at radius 1 is 1.00 bits per heavy atom. The van der Waals surface area contributed by atoms with Crippen LogP contribution in [-0.2, 0) is 12.8 Å². The molecule has 1 N–H and O–H groups in total. The minimum atomic E-state index is -4.40. The molecule has 7 heteroatoms. The number of rotatable bonds is 6. The van der Waals surface area contributed by atoms with Crippen molar-refractivity contribution in [3.05, 3.63) is 89.1 Å². The molecule has 2 aromatic carbocycles. The number of halogens is 3. The van der Waals surface area contributed by atoms with Crippen LogP contribution in [0.25, 0.3) is 0 Å². The van der Waals surface area contributed by atoms with E-state index in [2.05, 4.69) is 15.5 Å². The van der Waals surface area contributed by atoms with Crippen molar-refractivity contribution < 1.29 is 17.9 Å². The van der Waals surface area contributed by atoms with Gasteiger partial charge in [0.25, 0.3) is 0 Å². The second-order valence-corrected chi connectivity index (χ2v) is 6.14. The van der Waals surface area contributed by atoms with Gasteiger partial charge in [-0.15, -0.1) is 0 Å². The average molecular weight is 385 g/mol. The summed E-state index contributed by atoms with van der Waals surface area (Å²) in [5, 5.41) is 3.98. The first-order chi connectivity index (χ1) is 13.4. The standard InChI is InChI=1S/C21H18F3N3O/c1-15-2-4-17(5-3-15)14-28-19-9-6-16(7-10-19)12-26-27-20-11-8-18(13-25-20)21(22,23)24/h2-13H,14H2,1H3,(H,25,27)/b26-12-. The van der Waals surface area contributed by atoms with Crippen LogP contribution in [0.15, 0.2) is 72.0 Å². The average Bonchev–Trinajstić information content (AvgIpc) is 2.68. The van der Waals surface area contributed by atoms with Gasteiger partial charge in [0.2, 0.25) is 0 Å². The molecule has 0 saturated carbocycles. The summed E-state index contributed by atoms with van der Waals surface area (Å²) in [6.45, 7) is 2.52. The summed E-state index contributed by atoms with van der Waals surface area (Å²) in [7, 11) is 0. The molecule has 0 unspecified atom stereocenters. The van der Waals surface area contributed by atoms with Crippen molar-refractivity contribution in [1.82, 2.24) is 4.98 Å². The fourth-order valence-electron chi connectivity index (χ4n) is 2.30. The molecule has 0 amide bonds. The molecule has 0 aliphatic rings. The normalized spacial score (nSPS) is 11.6. The SMILES string of the molecule is Cc1ccc(COc2ccc(/C=N\Nc3ccc(C(F)(F)F)cn3)cc2)cc1. The Bertz CT molecular complexity index is 919. The third-order valence-electron chi connectivity index (χ3n) is 3.89. The van der Waals surface area contributed by atoms with E-state index in [-0.39, 0.29) is 5.82 Å². The number of hydrogen-bond acceptors (Lipinski definition) is 4. The van der Waals surface area contributed by atoms with Crippen LogP contribution >= 0.6 is 0 Å². The summed E-state index contributed by atoms with van der Waals surface area (Å²) in [6, 6.07) is 17.6. The Morgan fingerprint density at radius 3 is 2.32 bits per heavy atom. The molecular formula is C21H18F3N3O. The summed E-state index contributed by atoms with van der Waals surface area (Å²) in [5.41, 5.74) is 4.89. The van der Waals surface area contributed by atoms with Crippen molar-refractivity contribution in [3.63, 3.8) is 0 Å². The van der Waals surface area contributed by atoms with E-state index < -0.39 is 11.7 Å². The molecule has 4 nitrogen and oxygen atoms in total. The molecule has 0 bridgehead atoms. The molecule has 144 valence electrons. The van der Waals surface area contributed by atoms with Crippen LogP contribution in [-0.4, -0.2) is 11.2 Å². The van der Waals surface area contributed by atoms with Gasteiger partial charge < -0.3 is 4.74 Å². The van der Waals surface area contributed by atoms with Crippen LogP contribution in [0.2, 0.25) is 0 Å². The molecule has 0 atom stereocenters. The van der Waals surface area contributed by atoms with Crippen LogP contribution in [0, 0.1) is 6.92 Å². The predicted molar refractivity (Wildman–Crippen MR) is 102 cm³/mol. The Kier molecular flexibility index (Phi) is 5.93. The van der Waals surface area contributed by atoms with Crippen molar-refractivity contribution in [2.45, 2.75) is 19.7 Å². The molecule has 0 aliphatic carbocycles. The number of nitrogens with one attached hydrogen (secondary N) is 1. The van der Waals surface area contributed by atoms with Gasteiger partial charge in [-0.05, 0) is 54.4 Å². The van der Waals surface area contributed by atoms with E-state index >= 15 is 0 Å². The molecule has 1 aromatic heterocycles. The highest BCUT2D eigenvalue weighted by molar-refractivity contribution is 5.80. The minimum Gasteiger partial charge on any atom is -0.489 e. The van der Waals surface area contributed by atoms with Crippen molar-refractivity contribution in [3.8, 4) is 5.75 Å². The second kappa shape index (κ2) is 8.56. The van der Waals surface area contributed by atoms with Gasteiger partial charge in [-0.1, -0.05) is 29.8 Å². The van der Waals surface area contributed by atoms with Crippen LogP contribution < -0.4 is 10.2 Å². The van der Waals surface area contributed by atoms with Gasteiger partial charge in [-0.3, -0.25) is 5.43 Å². The zero-order valence-corrected chi connectivity index (χ0v) is 15.1. The topological polar surface area (TPSA) is 46.5 Å². The van der Waals surface area contributed by atoms with Gasteiger partial charge >= 0.3 is 6.18 Å². The lowest BCUT2D eigenvalue weighted by Gasteiger charge is -2.07. The fraction of sp³-hybridized carbons (Fsp3) is 0.143. The quantitative estimate of drug-likeness (QED) is 0.454. The third-order valence-corrected chi connectivity index (χ3v) is 3.89. The van der Waals surface area contributed by atoms with Crippen LogP contribution in [0.1, 0.15) is 22.3 Å². The van der Waals surface area contributed by atoms with Gasteiger partial charge in [-0.25, -0.2) is 4.98 Å². The maximum absolute atomic E-state index is 12.5. The summed E-state index contributed by atoms with van der Waals surface area (Å²) >= 11 is 0. The van der Waals surface area contributed by atoms with Crippen LogP contribution in [0.3, 0.4) is 0 Å². The lowest BCUT2D eigenvalue weighted by atomic mass is 10.2. The number of ether oxygens (including phenoxy) is 1. The van der Waals surface area contributed by atoms with E-state index in [9.17, 15) is 13.2 Å². The van der Waals surface area contributed by atoms with E-state index in [4.69, 9.17) is 4.74 Å². The van der Waals surface area contributed by atoms with Crippen LogP contribution in [0.4, 0.5) is 19.0 Å². The van der Waals surface area contributed by atoms with Crippen molar-refractivity contribution in [2.24, 2.45) is 5.10 Å². The highest BCUT2D eigenvalue weighted by Crippen LogP contribution is 2.28. The van der Waals surface area contributed by atoms with Gasteiger partial charge in [0.15, 0.2) is 0 Å². The number of benzene rings is 2. The second-order valence-electron chi connectivity index (χ2n) is 6.14. The predicted octanol–water partition coefficient (Wildman–Crippen LogP) is 5.43. The summed E-state index contributed by atoms with van der Waals surface area (Å²) in [4.78, 5) is 3.68.